The van der Waals surface area contributed by atoms with Crippen molar-refractivity contribution in [1.82, 2.24) is 19.8 Å². The summed E-state index contributed by atoms with van der Waals surface area (Å²) in [5.41, 5.74) is 3.13. The smallest absolute Gasteiger partial charge is 0.250 e. The van der Waals surface area contributed by atoms with Crippen LogP contribution in [0.2, 0.25) is 0 Å². The van der Waals surface area contributed by atoms with Crippen molar-refractivity contribution in [1.29, 1.82) is 0 Å². The molecular weight excluding hydrogens is 392 g/mol. The first-order chi connectivity index (χ1) is 13.5. The summed E-state index contributed by atoms with van der Waals surface area (Å²) in [5, 5.41) is 6.91. The van der Waals surface area contributed by atoms with Crippen LogP contribution >= 0.6 is 11.3 Å². The van der Waals surface area contributed by atoms with Gasteiger partial charge < -0.3 is 0 Å². The number of likely N-dealkylation sites (tertiary alicyclic amines) is 1. The summed E-state index contributed by atoms with van der Waals surface area (Å²) in [5.74, 6) is 0. The molecule has 0 radical (unpaired) electrons. The molecule has 6 nitrogen and oxygen atoms in total. The molecule has 1 atom stereocenters. The maximum atomic E-state index is 12.9. The Hall–Kier alpha value is -2.00. The van der Waals surface area contributed by atoms with Crippen LogP contribution in [0.5, 0.6) is 0 Å². The number of nitrogens with one attached hydrogen (secondary N) is 2. The predicted molar refractivity (Wildman–Crippen MR) is 112 cm³/mol. The highest BCUT2D eigenvalue weighted by molar-refractivity contribution is 7.91. The molecule has 3 aromatic rings. The normalized spacial score (nSPS) is 18.4. The number of hydrogen-bond acceptors (Lipinski definition) is 5. The minimum absolute atomic E-state index is 0.0660. The van der Waals surface area contributed by atoms with Gasteiger partial charge in [-0.05, 0) is 44.0 Å². The highest BCUT2D eigenvalue weighted by atomic mass is 32.2. The van der Waals surface area contributed by atoms with E-state index in [1.165, 1.54) is 16.9 Å². The van der Waals surface area contributed by atoms with E-state index in [-0.39, 0.29) is 6.04 Å². The second-order valence-electron chi connectivity index (χ2n) is 7.21. The summed E-state index contributed by atoms with van der Waals surface area (Å²) >= 11 is 1.28. The molecule has 0 aliphatic carbocycles. The van der Waals surface area contributed by atoms with Gasteiger partial charge in [0.1, 0.15) is 4.21 Å². The zero-order valence-electron chi connectivity index (χ0n) is 15.8. The lowest BCUT2D eigenvalue weighted by atomic mass is 10.1. The van der Waals surface area contributed by atoms with Crippen molar-refractivity contribution >= 4 is 21.4 Å². The third-order valence-electron chi connectivity index (χ3n) is 5.02. The third kappa shape index (κ3) is 4.35. The quantitative estimate of drug-likeness (QED) is 0.646. The number of thiophene rings is 1. The van der Waals surface area contributed by atoms with Crippen molar-refractivity contribution in [3.63, 3.8) is 0 Å². The Morgan fingerprint density at radius 2 is 2.07 bits per heavy atom. The SMILES string of the molecule is Cc1[nH]ncc1-c1ccc(S(=O)(=O)N[C@H]2CCCN(Cc3ccccc3)C2)s1. The second-order valence-corrected chi connectivity index (χ2v) is 10.2. The first-order valence-electron chi connectivity index (χ1n) is 9.40. The Balaban J connectivity index is 1.43. The largest absolute Gasteiger partial charge is 0.298 e. The van der Waals surface area contributed by atoms with E-state index in [1.54, 1.807) is 12.3 Å². The van der Waals surface area contributed by atoms with Crippen molar-refractivity contribution in [2.75, 3.05) is 13.1 Å². The van der Waals surface area contributed by atoms with Gasteiger partial charge in [0.05, 0.1) is 6.20 Å². The number of aromatic nitrogens is 2. The topological polar surface area (TPSA) is 78.1 Å². The lowest BCUT2D eigenvalue weighted by Crippen LogP contribution is -2.47. The van der Waals surface area contributed by atoms with Gasteiger partial charge in [0.2, 0.25) is 10.0 Å². The van der Waals surface area contributed by atoms with Crippen LogP contribution in [-0.4, -0.2) is 42.6 Å². The molecule has 1 aliphatic rings. The second kappa shape index (κ2) is 8.16. The summed E-state index contributed by atoms with van der Waals surface area (Å²) in [6.07, 6.45) is 3.58. The number of benzene rings is 1. The molecule has 0 amide bonds. The predicted octanol–water partition coefficient (Wildman–Crippen LogP) is 3.39. The fraction of sp³-hybridized carbons (Fsp3) is 0.350. The minimum Gasteiger partial charge on any atom is -0.298 e. The molecule has 1 saturated heterocycles. The number of rotatable bonds is 6. The van der Waals surface area contributed by atoms with Crippen LogP contribution < -0.4 is 4.72 Å². The molecule has 1 aromatic carbocycles. The lowest BCUT2D eigenvalue weighted by molar-refractivity contribution is 0.194. The average molecular weight is 417 g/mol. The maximum absolute atomic E-state index is 12.9. The Morgan fingerprint density at radius 3 is 2.82 bits per heavy atom. The van der Waals surface area contributed by atoms with Crippen molar-refractivity contribution in [2.24, 2.45) is 0 Å². The molecule has 0 bridgehead atoms. The van der Waals surface area contributed by atoms with Crippen molar-refractivity contribution in [3.05, 3.63) is 59.9 Å². The molecule has 8 heteroatoms. The van der Waals surface area contributed by atoms with Gasteiger partial charge in [0, 0.05) is 35.3 Å². The van der Waals surface area contributed by atoms with E-state index < -0.39 is 10.0 Å². The molecule has 28 heavy (non-hydrogen) atoms. The van der Waals surface area contributed by atoms with Crippen LogP contribution in [0.25, 0.3) is 10.4 Å². The number of sulfonamides is 1. The molecule has 2 N–H and O–H groups in total. The fourth-order valence-corrected chi connectivity index (χ4v) is 6.27. The maximum Gasteiger partial charge on any atom is 0.250 e. The highest BCUT2D eigenvalue weighted by Crippen LogP contribution is 2.32. The van der Waals surface area contributed by atoms with E-state index in [9.17, 15) is 8.42 Å². The molecule has 0 saturated carbocycles. The monoisotopic (exact) mass is 416 g/mol. The van der Waals surface area contributed by atoms with Gasteiger partial charge in [-0.2, -0.15) is 5.10 Å². The summed E-state index contributed by atoms with van der Waals surface area (Å²) in [4.78, 5) is 3.22. The summed E-state index contributed by atoms with van der Waals surface area (Å²) < 4.78 is 29.0. The number of hydrogen-bond donors (Lipinski definition) is 2. The van der Waals surface area contributed by atoms with Crippen LogP contribution in [0, 0.1) is 6.92 Å². The molecule has 3 heterocycles. The molecule has 2 aromatic heterocycles. The van der Waals surface area contributed by atoms with Gasteiger partial charge >= 0.3 is 0 Å². The fourth-order valence-electron chi connectivity index (χ4n) is 3.62. The van der Waals surface area contributed by atoms with Crippen molar-refractivity contribution in [3.8, 4) is 10.4 Å². The minimum atomic E-state index is -3.53. The molecule has 1 aliphatic heterocycles. The Morgan fingerprint density at radius 1 is 1.25 bits per heavy atom. The zero-order chi connectivity index (χ0) is 19.6. The van der Waals surface area contributed by atoms with Gasteiger partial charge in [0.25, 0.3) is 0 Å². The van der Waals surface area contributed by atoms with Crippen molar-refractivity contribution < 1.29 is 8.42 Å². The van der Waals surface area contributed by atoms with E-state index in [2.05, 4.69) is 32.0 Å². The molecule has 4 rings (SSSR count). The first-order valence-corrected chi connectivity index (χ1v) is 11.7. The Kier molecular flexibility index (Phi) is 5.63. The molecule has 0 unspecified atom stereocenters. The molecule has 1 fully saturated rings. The van der Waals surface area contributed by atoms with Crippen LogP contribution in [0.1, 0.15) is 24.1 Å². The number of piperidine rings is 1. The Bertz CT molecular complexity index is 1030. The number of nitrogens with zero attached hydrogens (tertiary/aromatic N) is 2. The first kappa shape index (κ1) is 19.3. The highest BCUT2D eigenvalue weighted by Gasteiger charge is 2.26. The summed E-state index contributed by atoms with van der Waals surface area (Å²) in [6, 6.07) is 13.8. The van der Waals surface area contributed by atoms with Gasteiger partial charge in [-0.3, -0.25) is 10.00 Å². The van der Waals surface area contributed by atoms with Gasteiger partial charge in [-0.15, -0.1) is 11.3 Å². The standard InChI is InChI=1S/C20H24N4O2S2/c1-15-18(12-21-22-15)19-9-10-20(27-19)28(25,26)23-17-8-5-11-24(14-17)13-16-6-3-2-4-7-16/h2-4,6-7,9-10,12,17,23H,5,8,11,13-14H2,1H3,(H,21,22)/t17-/m0/s1. The molecular formula is C20H24N4O2S2. The number of aryl methyl sites for hydroxylation is 1. The van der Waals surface area contributed by atoms with Crippen LogP contribution in [0.3, 0.4) is 0 Å². The third-order valence-corrected chi connectivity index (χ3v) is 8.15. The zero-order valence-corrected chi connectivity index (χ0v) is 17.4. The van der Waals surface area contributed by atoms with Gasteiger partial charge in [-0.1, -0.05) is 30.3 Å². The molecule has 0 spiro atoms. The van der Waals surface area contributed by atoms with E-state index >= 15 is 0 Å². The van der Waals surface area contributed by atoms with E-state index in [0.29, 0.717) is 4.21 Å². The van der Waals surface area contributed by atoms with E-state index in [4.69, 9.17) is 0 Å². The van der Waals surface area contributed by atoms with E-state index in [1.807, 2.05) is 31.2 Å². The molecule has 148 valence electrons. The van der Waals surface area contributed by atoms with Crippen molar-refractivity contribution in [2.45, 2.75) is 36.6 Å². The van der Waals surface area contributed by atoms with Crippen LogP contribution in [0.4, 0.5) is 0 Å². The average Bonchev–Trinajstić information content (AvgIpc) is 3.32. The van der Waals surface area contributed by atoms with Gasteiger partial charge in [0.15, 0.2) is 0 Å². The van der Waals surface area contributed by atoms with Crippen LogP contribution in [0.15, 0.2) is 52.9 Å². The van der Waals surface area contributed by atoms with E-state index in [0.717, 1.165) is 48.6 Å². The van der Waals surface area contributed by atoms with Gasteiger partial charge in [-0.25, -0.2) is 13.1 Å². The number of H-pyrrole nitrogens is 1. The lowest BCUT2D eigenvalue weighted by Gasteiger charge is -2.32. The summed E-state index contributed by atoms with van der Waals surface area (Å²) in [6.45, 7) is 4.50. The van der Waals surface area contributed by atoms with Crippen LogP contribution in [-0.2, 0) is 16.6 Å². The Labute approximate surface area is 169 Å². The summed E-state index contributed by atoms with van der Waals surface area (Å²) in [7, 11) is -3.53. The number of aromatic amines is 1.